The molecule has 4 rings (SSSR count). The van der Waals surface area contributed by atoms with Gasteiger partial charge >= 0.3 is 0 Å². The molecule has 1 fully saturated rings. The third-order valence-corrected chi connectivity index (χ3v) is 4.22. The molecular formula is C17H17N5O3. The van der Waals surface area contributed by atoms with Crippen LogP contribution in [0, 0.1) is 0 Å². The second-order valence-electron chi connectivity index (χ2n) is 5.94. The maximum Gasteiger partial charge on any atom is 0.276 e. The van der Waals surface area contributed by atoms with Crippen LogP contribution in [-0.4, -0.2) is 45.0 Å². The van der Waals surface area contributed by atoms with Gasteiger partial charge in [-0.3, -0.25) is 9.59 Å². The molecule has 1 atom stereocenters. The monoisotopic (exact) mass is 339 g/mol. The molecule has 128 valence electrons. The minimum Gasteiger partial charge on any atom is -0.376 e. The number of hydrogen-bond donors (Lipinski definition) is 2. The highest BCUT2D eigenvalue weighted by molar-refractivity contribution is 5.98. The lowest BCUT2D eigenvalue weighted by atomic mass is 10.2. The maximum atomic E-state index is 12.5. The highest BCUT2D eigenvalue weighted by atomic mass is 16.5. The SMILES string of the molecule is O=C(NC[C@H]1CCCO1)c1nnn2cc(-c3ccccc3)[nH]c(=O)c12. The predicted octanol–water partition coefficient (Wildman–Crippen LogP) is 0.993. The van der Waals surface area contributed by atoms with Crippen molar-refractivity contribution in [2.24, 2.45) is 0 Å². The van der Waals surface area contributed by atoms with E-state index in [1.165, 1.54) is 4.52 Å². The summed E-state index contributed by atoms with van der Waals surface area (Å²) in [6.07, 6.45) is 3.59. The van der Waals surface area contributed by atoms with E-state index in [4.69, 9.17) is 4.74 Å². The summed E-state index contributed by atoms with van der Waals surface area (Å²) in [5.41, 5.74) is 1.19. The molecule has 8 nitrogen and oxygen atoms in total. The second kappa shape index (κ2) is 6.48. The van der Waals surface area contributed by atoms with Crippen LogP contribution in [0.2, 0.25) is 0 Å². The van der Waals surface area contributed by atoms with Gasteiger partial charge in [-0.1, -0.05) is 35.5 Å². The van der Waals surface area contributed by atoms with Gasteiger partial charge in [0.15, 0.2) is 11.2 Å². The van der Waals surface area contributed by atoms with E-state index < -0.39 is 11.5 Å². The van der Waals surface area contributed by atoms with Gasteiger partial charge in [-0.2, -0.15) is 0 Å². The molecule has 1 aliphatic heterocycles. The summed E-state index contributed by atoms with van der Waals surface area (Å²) in [5.74, 6) is -0.427. The number of H-pyrrole nitrogens is 1. The first-order valence-electron chi connectivity index (χ1n) is 8.16. The maximum absolute atomic E-state index is 12.5. The van der Waals surface area contributed by atoms with Crippen molar-refractivity contribution in [3.63, 3.8) is 0 Å². The summed E-state index contributed by atoms with van der Waals surface area (Å²) in [6, 6.07) is 9.41. The number of carbonyl (C=O) groups excluding carboxylic acids is 1. The Labute approximate surface area is 142 Å². The molecule has 1 aromatic carbocycles. The van der Waals surface area contributed by atoms with Crippen LogP contribution < -0.4 is 10.9 Å². The van der Waals surface area contributed by atoms with Gasteiger partial charge in [0.2, 0.25) is 0 Å². The minimum absolute atomic E-state index is 0.0128. The van der Waals surface area contributed by atoms with Crippen LogP contribution in [0.4, 0.5) is 0 Å². The van der Waals surface area contributed by atoms with Gasteiger partial charge in [0.05, 0.1) is 18.0 Å². The molecule has 0 unspecified atom stereocenters. The number of carbonyl (C=O) groups is 1. The molecule has 1 amide bonds. The number of amides is 1. The number of fused-ring (bicyclic) bond motifs is 1. The van der Waals surface area contributed by atoms with Crippen LogP contribution in [0.1, 0.15) is 23.3 Å². The third kappa shape index (κ3) is 3.03. The lowest BCUT2D eigenvalue weighted by Gasteiger charge is -2.09. The number of hydrogen-bond acceptors (Lipinski definition) is 5. The van der Waals surface area contributed by atoms with Crippen molar-refractivity contribution in [1.29, 1.82) is 0 Å². The Morgan fingerprint density at radius 2 is 2.20 bits per heavy atom. The molecule has 2 aromatic heterocycles. The fourth-order valence-corrected chi connectivity index (χ4v) is 2.94. The van der Waals surface area contributed by atoms with Gasteiger partial charge in [0, 0.05) is 13.2 Å². The highest BCUT2D eigenvalue weighted by Crippen LogP contribution is 2.15. The molecule has 0 aliphatic carbocycles. The Bertz CT molecular complexity index is 957. The zero-order valence-corrected chi connectivity index (χ0v) is 13.4. The van der Waals surface area contributed by atoms with E-state index in [1.54, 1.807) is 6.20 Å². The third-order valence-electron chi connectivity index (χ3n) is 4.22. The molecule has 0 saturated carbocycles. The number of nitrogens with zero attached hydrogens (tertiary/aromatic N) is 3. The van der Waals surface area contributed by atoms with E-state index in [0.717, 1.165) is 25.0 Å². The molecule has 3 heterocycles. The number of ether oxygens (including phenoxy) is 1. The van der Waals surface area contributed by atoms with Crippen LogP contribution in [0.15, 0.2) is 41.3 Å². The molecular weight excluding hydrogens is 322 g/mol. The number of aromatic amines is 1. The van der Waals surface area contributed by atoms with Crippen LogP contribution in [0.3, 0.4) is 0 Å². The molecule has 2 N–H and O–H groups in total. The average molecular weight is 339 g/mol. The summed E-state index contributed by atoms with van der Waals surface area (Å²) in [7, 11) is 0. The van der Waals surface area contributed by atoms with E-state index in [2.05, 4.69) is 20.6 Å². The fourth-order valence-electron chi connectivity index (χ4n) is 2.94. The van der Waals surface area contributed by atoms with Crippen molar-refractivity contribution < 1.29 is 9.53 Å². The lowest BCUT2D eigenvalue weighted by Crippen LogP contribution is -2.32. The van der Waals surface area contributed by atoms with Crippen molar-refractivity contribution in [3.05, 3.63) is 52.6 Å². The first-order valence-corrected chi connectivity index (χ1v) is 8.16. The summed E-state index contributed by atoms with van der Waals surface area (Å²) in [4.78, 5) is 27.6. The normalized spacial score (nSPS) is 17.0. The van der Waals surface area contributed by atoms with Crippen LogP contribution >= 0.6 is 0 Å². The smallest absolute Gasteiger partial charge is 0.276 e. The summed E-state index contributed by atoms with van der Waals surface area (Å²) in [6.45, 7) is 1.12. The summed E-state index contributed by atoms with van der Waals surface area (Å²) < 4.78 is 6.81. The number of aromatic nitrogens is 4. The van der Waals surface area contributed by atoms with Crippen LogP contribution in [0.5, 0.6) is 0 Å². The second-order valence-corrected chi connectivity index (χ2v) is 5.94. The van der Waals surface area contributed by atoms with Gasteiger partial charge in [-0.05, 0) is 18.4 Å². The fraction of sp³-hybridized carbons (Fsp3) is 0.294. The van der Waals surface area contributed by atoms with Crippen molar-refractivity contribution in [2.75, 3.05) is 13.2 Å². The molecule has 0 spiro atoms. The average Bonchev–Trinajstić information content (AvgIpc) is 3.30. The Morgan fingerprint density at radius 1 is 1.36 bits per heavy atom. The van der Waals surface area contributed by atoms with Gasteiger partial charge in [-0.25, -0.2) is 4.52 Å². The van der Waals surface area contributed by atoms with E-state index in [0.29, 0.717) is 12.2 Å². The van der Waals surface area contributed by atoms with Gasteiger partial charge in [-0.15, -0.1) is 5.10 Å². The van der Waals surface area contributed by atoms with Crippen molar-refractivity contribution >= 4 is 11.4 Å². The lowest BCUT2D eigenvalue weighted by molar-refractivity contribution is 0.0855. The zero-order valence-electron chi connectivity index (χ0n) is 13.4. The molecule has 8 heteroatoms. The largest absolute Gasteiger partial charge is 0.376 e. The van der Waals surface area contributed by atoms with Crippen molar-refractivity contribution in [3.8, 4) is 11.3 Å². The highest BCUT2D eigenvalue weighted by Gasteiger charge is 2.21. The molecule has 3 aromatic rings. The Balaban J connectivity index is 1.63. The Hall–Kier alpha value is -3.00. The first-order chi connectivity index (χ1) is 12.2. The predicted molar refractivity (Wildman–Crippen MR) is 90.4 cm³/mol. The number of nitrogens with one attached hydrogen (secondary N) is 2. The topological polar surface area (TPSA) is 101 Å². The van der Waals surface area contributed by atoms with Gasteiger partial charge in [0.25, 0.3) is 11.5 Å². The Morgan fingerprint density at radius 3 is 2.96 bits per heavy atom. The van der Waals surface area contributed by atoms with Crippen LogP contribution in [0.25, 0.3) is 16.8 Å². The molecule has 0 radical (unpaired) electrons. The summed E-state index contributed by atoms with van der Waals surface area (Å²) in [5, 5.41) is 10.6. The van der Waals surface area contributed by atoms with E-state index in [-0.39, 0.29) is 17.3 Å². The van der Waals surface area contributed by atoms with E-state index in [1.807, 2.05) is 30.3 Å². The van der Waals surface area contributed by atoms with Gasteiger partial charge < -0.3 is 15.0 Å². The van der Waals surface area contributed by atoms with Crippen molar-refractivity contribution in [1.82, 2.24) is 25.1 Å². The first kappa shape index (κ1) is 15.5. The van der Waals surface area contributed by atoms with E-state index >= 15 is 0 Å². The van der Waals surface area contributed by atoms with Gasteiger partial charge in [0.1, 0.15) is 0 Å². The number of rotatable bonds is 4. The quantitative estimate of drug-likeness (QED) is 0.738. The number of benzene rings is 1. The van der Waals surface area contributed by atoms with E-state index in [9.17, 15) is 9.59 Å². The molecule has 1 aliphatic rings. The molecule has 1 saturated heterocycles. The standard InChI is InChI=1S/C17H17N5O3/c23-16(18-9-12-7-4-8-25-12)14-15-17(24)19-13(10-22(15)21-20-14)11-5-2-1-3-6-11/h1-3,5-6,10,12H,4,7-9H2,(H,18,23)(H,19,24)/t12-/m1/s1. The minimum atomic E-state index is -0.427. The summed E-state index contributed by atoms with van der Waals surface area (Å²) >= 11 is 0. The molecule has 0 bridgehead atoms. The van der Waals surface area contributed by atoms with Crippen molar-refractivity contribution in [2.45, 2.75) is 18.9 Å². The van der Waals surface area contributed by atoms with Crippen LogP contribution in [-0.2, 0) is 4.74 Å². The zero-order chi connectivity index (χ0) is 17.2. The molecule has 25 heavy (non-hydrogen) atoms. The Kier molecular flexibility index (Phi) is 4.02.